The van der Waals surface area contributed by atoms with Crippen molar-refractivity contribution in [3.8, 4) is 11.5 Å². The molecule has 1 amide bonds. The monoisotopic (exact) mass is 465 g/mol. The molecule has 0 radical (unpaired) electrons. The Kier molecular flexibility index (Phi) is 6.86. The van der Waals surface area contributed by atoms with E-state index in [0.29, 0.717) is 5.56 Å². The normalized spacial score (nSPS) is 13.4. The fraction of sp³-hybridized carbons (Fsp3) is 0.250. The van der Waals surface area contributed by atoms with Gasteiger partial charge in [-0.25, -0.2) is 14.2 Å². The minimum atomic E-state index is -0.756. The van der Waals surface area contributed by atoms with Gasteiger partial charge in [0.25, 0.3) is 5.91 Å². The third-order valence-electron chi connectivity index (χ3n) is 5.47. The largest absolute Gasteiger partial charge is 0.493 e. The van der Waals surface area contributed by atoms with E-state index in [2.05, 4.69) is 20.6 Å². The molecule has 3 aromatic rings. The predicted octanol–water partition coefficient (Wildman–Crippen LogP) is 4.04. The van der Waals surface area contributed by atoms with Gasteiger partial charge in [0, 0.05) is 12.1 Å². The number of anilines is 3. The maximum Gasteiger partial charge on any atom is 0.343 e. The number of aromatic nitrogens is 2. The second-order valence-electron chi connectivity index (χ2n) is 7.81. The number of amides is 1. The number of hydrogen-bond donors (Lipinski definition) is 3. The van der Waals surface area contributed by atoms with Crippen LogP contribution in [0.5, 0.6) is 11.5 Å². The lowest BCUT2D eigenvalue weighted by molar-refractivity contribution is 0.0730. The van der Waals surface area contributed by atoms with Gasteiger partial charge >= 0.3 is 5.97 Å². The van der Waals surface area contributed by atoms with Gasteiger partial charge in [-0.3, -0.25) is 4.79 Å². The first kappa shape index (κ1) is 23.0. The molecule has 1 saturated carbocycles. The van der Waals surface area contributed by atoms with Gasteiger partial charge in [-0.1, -0.05) is 31.0 Å². The number of rotatable bonds is 8. The summed E-state index contributed by atoms with van der Waals surface area (Å²) in [5, 5.41) is 5.97. The fourth-order valence-corrected chi connectivity index (χ4v) is 3.75. The molecule has 2 aromatic carbocycles. The van der Waals surface area contributed by atoms with Crippen molar-refractivity contribution < 1.29 is 23.5 Å². The highest BCUT2D eigenvalue weighted by Crippen LogP contribution is 2.35. The summed E-state index contributed by atoms with van der Waals surface area (Å²) in [6.07, 6.45) is 5.07. The SMILES string of the molecule is COc1cc(C(N)=O)c(Nc2ncc(F)c(NC3CCCC3)n2)cc1OC(=O)c1ccccc1. The van der Waals surface area contributed by atoms with Crippen LogP contribution >= 0.6 is 0 Å². The van der Waals surface area contributed by atoms with Crippen molar-refractivity contribution in [3.05, 3.63) is 65.6 Å². The molecule has 4 N–H and O–H groups in total. The fourth-order valence-electron chi connectivity index (χ4n) is 3.75. The number of esters is 1. The number of carbonyl (C=O) groups is 2. The molecule has 1 aliphatic rings. The molecular formula is C24H24FN5O4. The van der Waals surface area contributed by atoms with Crippen LogP contribution in [0.1, 0.15) is 46.4 Å². The Hall–Kier alpha value is -4.21. The number of hydrogen-bond acceptors (Lipinski definition) is 8. The van der Waals surface area contributed by atoms with E-state index in [9.17, 15) is 14.0 Å². The highest BCUT2D eigenvalue weighted by molar-refractivity contribution is 6.00. The zero-order valence-corrected chi connectivity index (χ0v) is 18.5. The molecule has 1 aromatic heterocycles. The summed E-state index contributed by atoms with van der Waals surface area (Å²) in [5.74, 6) is -1.67. The van der Waals surface area contributed by atoms with Crippen molar-refractivity contribution in [2.75, 3.05) is 17.7 Å². The van der Waals surface area contributed by atoms with E-state index in [1.54, 1.807) is 30.3 Å². The molecule has 0 aliphatic heterocycles. The van der Waals surface area contributed by atoms with E-state index in [1.165, 1.54) is 19.2 Å². The molecule has 1 aliphatic carbocycles. The molecule has 10 heteroatoms. The number of ether oxygens (including phenoxy) is 2. The zero-order valence-electron chi connectivity index (χ0n) is 18.5. The molecule has 9 nitrogen and oxygen atoms in total. The second kappa shape index (κ2) is 10.2. The number of nitrogens with one attached hydrogen (secondary N) is 2. The van der Waals surface area contributed by atoms with Gasteiger partial charge in [-0.2, -0.15) is 4.98 Å². The second-order valence-corrected chi connectivity index (χ2v) is 7.81. The van der Waals surface area contributed by atoms with Crippen LogP contribution in [0.3, 0.4) is 0 Å². The van der Waals surface area contributed by atoms with Crippen LogP contribution in [-0.2, 0) is 0 Å². The van der Waals surface area contributed by atoms with Crippen LogP contribution in [0.4, 0.5) is 21.8 Å². The standard InChI is InChI=1S/C24H24FN5O4/c1-33-19-11-16(21(26)31)18(12-20(19)34-23(32)14-7-3-2-4-8-14)29-24-27-13-17(25)22(30-24)28-15-9-5-6-10-15/h2-4,7-8,11-13,15H,5-6,9-10H2,1H3,(H2,26,31)(H2,27,28,29,30). The van der Waals surface area contributed by atoms with Crippen LogP contribution < -0.4 is 25.8 Å². The molecule has 4 rings (SSSR count). The topological polar surface area (TPSA) is 128 Å². The third kappa shape index (κ3) is 5.22. The van der Waals surface area contributed by atoms with E-state index in [0.717, 1.165) is 31.9 Å². The lowest BCUT2D eigenvalue weighted by atomic mass is 10.1. The van der Waals surface area contributed by atoms with E-state index >= 15 is 0 Å². The lowest BCUT2D eigenvalue weighted by Crippen LogP contribution is -2.18. The Morgan fingerprint density at radius 1 is 1.12 bits per heavy atom. The van der Waals surface area contributed by atoms with Crippen LogP contribution in [-0.4, -0.2) is 35.0 Å². The molecule has 1 fully saturated rings. The molecule has 0 atom stereocenters. The van der Waals surface area contributed by atoms with Crippen molar-refractivity contribution in [1.82, 2.24) is 9.97 Å². The van der Waals surface area contributed by atoms with Gasteiger partial charge in [0.05, 0.1) is 30.1 Å². The lowest BCUT2D eigenvalue weighted by Gasteiger charge is -2.16. The molecule has 176 valence electrons. The summed E-state index contributed by atoms with van der Waals surface area (Å²) in [5.41, 5.74) is 6.10. The molecule has 1 heterocycles. The van der Waals surface area contributed by atoms with Crippen LogP contribution in [0.2, 0.25) is 0 Å². The predicted molar refractivity (Wildman–Crippen MR) is 124 cm³/mol. The zero-order chi connectivity index (χ0) is 24.1. The summed E-state index contributed by atoms with van der Waals surface area (Å²) < 4.78 is 25.1. The number of nitrogens with zero attached hydrogens (tertiary/aromatic N) is 2. The Labute approximate surface area is 195 Å². The van der Waals surface area contributed by atoms with E-state index in [-0.39, 0.29) is 40.6 Å². The molecule has 0 unspecified atom stereocenters. The minimum Gasteiger partial charge on any atom is -0.493 e. The molecule has 0 saturated heterocycles. The van der Waals surface area contributed by atoms with Gasteiger partial charge in [0.1, 0.15) is 0 Å². The number of methoxy groups -OCH3 is 1. The summed E-state index contributed by atoms with van der Waals surface area (Å²) in [4.78, 5) is 32.8. The number of halogens is 1. The number of carbonyl (C=O) groups excluding carboxylic acids is 2. The average molecular weight is 465 g/mol. The molecule has 0 bridgehead atoms. The van der Waals surface area contributed by atoms with Crippen molar-refractivity contribution in [2.24, 2.45) is 5.73 Å². The Bertz CT molecular complexity index is 1200. The Balaban J connectivity index is 1.64. The van der Waals surface area contributed by atoms with Gasteiger partial charge < -0.3 is 25.8 Å². The number of benzene rings is 2. The van der Waals surface area contributed by atoms with Crippen molar-refractivity contribution in [2.45, 2.75) is 31.7 Å². The smallest absolute Gasteiger partial charge is 0.343 e. The third-order valence-corrected chi connectivity index (χ3v) is 5.47. The van der Waals surface area contributed by atoms with E-state index in [4.69, 9.17) is 15.2 Å². The summed E-state index contributed by atoms with van der Waals surface area (Å²) in [7, 11) is 1.37. The van der Waals surface area contributed by atoms with Crippen molar-refractivity contribution in [3.63, 3.8) is 0 Å². The summed E-state index contributed by atoms with van der Waals surface area (Å²) in [6.45, 7) is 0. The summed E-state index contributed by atoms with van der Waals surface area (Å²) in [6, 6.07) is 11.3. The molecule has 0 spiro atoms. The number of nitrogens with two attached hydrogens (primary N) is 1. The first-order valence-corrected chi connectivity index (χ1v) is 10.8. The van der Waals surface area contributed by atoms with Crippen molar-refractivity contribution >= 4 is 29.3 Å². The van der Waals surface area contributed by atoms with E-state index < -0.39 is 17.7 Å². The van der Waals surface area contributed by atoms with E-state index in [1.807, 2.05) is 0 Å². The Morgan fingerprint density at radius 3 is 2.53 bits per heavy atom. The summed E-state index contributed by atoms with van der Waals surface area (Å²) >= 11 is 0. The maximum atomic E-state index is 14.3. The van der Waals surface area contributed by atoms with Gasteiger partial charge in [0.15, 0.2) is 23.1 Å². The average Bonchev–Trinajstić information content (AvgIpc) is 3.35. The van der Waals surface area contributed by atoms with Gasteiger partial charge in [0.2, 0.25) is 5.95 Å². The number of primary amides is 1. The molecular weight excluding hydrogens is 441 g/mol. The van der Waals surface area contributed by atoms with Gasteiger partial charge in [-0.05, 0) is 31.0 Å². The maximum absolute atomic E-state index is 14.3. The first-order valence-electron chi connectivity index (χ1n) is 10.8. The Morgan fingerprint density at radius 2 is 1.85 bits per heavy atom. The quantitative estimate of drug-likeness (QED) is 0.336. The van der Waals surface area contributed by atoms with Crippen molar-refractivity contribution in [1.29, 1.82) is 0 Å². The highest BCUT2D eigenvalue weighted by atomic mass is 19.1. The first-order chi connectivity index (χ1) is 16.4. The minimum absolute atomic E-state index is 0.0369. The van der Waals surface area contributed by atoms with Gasteiger partial charge in [-0.15, -0.1) is 0 Å². The van der Waals surface area contributed by atoms with Crippen LogP contribution in [0.15, 0.2) is 48.7 Å². The highest BCUT2D eigenvalue weighted by Gasteiger charge is 2.21. The van der Waals surface area contributed by atoms with Crippen LogP contribution in [0, 0.1) is 5.82 Å². The molecule has 34 heavy (non-hydrogen) atoms. The van der Waals surface area contributed by atoms with Crippen LogP contribution in [0.25, 0.3) is 0 Å².